The van der Waals surface area contributed by atoms with Crippen molar-refractivity contribution in [1.29, 1.82) is 0 Å². The highest BCUT2D eigenvalue weighted by Crippen LogP contribution is 2.35. The minimum atomic E-state index is 0.0781. The molecule has 0 unspecified atom stereocenters. The van der Waals surface area contributed by atoms with Gasteiger partial charge in [0.05, 0.1) is 5.69 Å². The lowest BCUT2D eigenvalue weighted by atomic mass is 10.1. The molecule has 4 heteroatoms. The van der Waals surface area contributed by atoms with Gasteiger partial charge in [0.15, 0.2) is 5.96 Å². The van der Waals surface area contributed by atoms with E-state index >= 15 is 0 Å². The van der Waals surface area contributed by atoms with Crippen molar-refractivity contribution in [1.82, 2.24) is 0 Å². The predicted molar refractivity (Wildman–Crippen MR) is 82.7 cm³/mol. The third-order valence-electron chi connectivity index (χ3n) is 2.90. The van der Waals surface area contributed by atoms with E-state index in [0.717, 1.165) is 5.69 Å². The summed E-state index contributed by atoms with van der Waals surface area (Å²) in [4.78, 5) is 5.29. The fourth-order valence-electron chi connectivity index (χ4n) is 2.05. The summed E-state index contributed by atoms with van der Waals surface area (Å²) in [5.74, 6) is 0.0781. The number of nitrogens with zero attached hydrogens (tertiary/aromatic N) is 1. The number of aliphatic imine (C=N–C) groups is 1. The van der Waals surface area contributed by atoms with Gasteiger partial charge in [-0.1, -0.05) is 36.4 Å². The second-order valence-electron chi connectivity index (χ2n) is 4.24. The zero-order valence-electron chi connectivity index (χ0n) is 10.2. The van der Waals surface area contributed by atoms with Crippen molar-refractivity contribution in [2.24, 2.45) is 16.5 Å². The second kappa shape index (κ2) is 4.74. The first-order chi connectivity index (χ1) is 9.24. The Morgan fingerprint density at radius 3 is 2.42 bits per heavy atom. The van der Waals surface area contributed by atoms with Crippen LogP contribution in [-0.4, -0.2) is 5.96 Å². The molecule has 3 aromatic rings. The summed E-state index contributed by atoms with van der Waals surface area (Å²) >= 11 is 1.75. The third kappa shape index (κ3) is 2.30. The van der Waals surface area contributed by atoms with Crippen LogP contribution in [0.3, 0.4) is 0 Å². The van der Waals surface area contributed by atoms with Crippen LogP contribution in [0.5, 0.6) is 0 Å². The first kappa shape index (κ1) is 11.7. The third-order valence-corrected chi connectivity index (χ3v) is 3.96. The summed E-state index contributed by atoms with van der Waals surface area (Å²) in [7, 11) is 0. The molecule has 0 bridgehead atoms. The van der Waals surface area contributed by atoms with Gasteiger partial charge >= 0.3 is 0 Å². The van der Waals surface area contributed by atoms with Crippen LogP contribution >= 0.6 is 11.3 Å². The Morgan fingerprint density at radius 2 is 1.68 bits per heavy atom. The van der Waals surface area contributed by atoms with E-state index in [0.29, 0.717) is 0 Å². The van der Waals surface area contributed by atoms with E-state index in [2.05, 4.69) is 34.6 Å². The topological polar surface area (TPSA) is 64.4 Å². The van der Waals surface area contributed by atoms with E-state index < -0.39 is 0 Å². The van der Waals surface area contributed by atoms with Crippen LogP contribution in [0.25, 0.3) is 21.2 Å². The molecule has 0 saturated heterocycles. The van der Waals surface area contributed by atoms with Crippen LogP contribution in [0.1, 0.15) is 0 Å². The van der Waals surface area contributed by atoms with Crippen molar-refractivity contribution in [3.8, 4) is 10.4 Å². The maximum Gasteiger partial charge on any atom is 0.191 e. The highest BCUT2D eigenvalue weighted by Gasteiger charge is 2.05. The second-order valence-corrected chi connectivity index (χ2v) is 5.12. The number of nitrogens with two attached hydrogens (primary N) is 2. The lowest BCUT2D eigenvalue weighted by molar-refractivity contribution is 1.42. The lowest BCUT2D eigenvalue weighted by Crippen LogP contribution is -2.21. The summed E-state index contributed by atoms with van der Waals surface area (Å²) in [6.45, 7) is 0. The van der Waals surface area contributed by atoms with Crippen LogP contribution in [0.15, 0.2) is 58.9 Å². The van der Waals surface area contributed by atoms with E-state index in [4.69, 9.17) is 11.5 Å². The molecule has 2 aromatic carbocycles. The van der Waals surface area contributed by atoms with E-state index in [9.17, 15) is 0 Å². The molecule has 0 spiro atoms. The fraction of sp³-hybridized carbons (Fsp3) is 0. The molecule has 1 heterocycles. The van der Waals surface area contributed by atoms with Gasteiger partial charge < -0.3 is 11.5 Å². The normalized spacial score (nSPS) is 10.5. The van der Waals surface area contributed by atoms with Crippen LogP contribution in [-0.2, 0) is 0 Å². The first-order valence-corrected chi connectivity index (χ1v) is 6.78. The Labute approximate surface area is 115 Å². The van der Waals surface area contributed by atoms with Gasteiger partial charge in [0, 0.05) is 10.3 Å². The largest absolute Gasteiger partial charge is 0.370 e. The van der Waals surface area contributed by atoms with Gasteiger partial charge in [0.1, 0.15) is 0 Å². The predicted octanol–water partition coefficient (Wildman–Crippen LogP) is 3.47. The first-order valence-electron chi connectivity index (χ1n) is 5.90. The number of fused-ring (bicyclic) bond motifs is 1. The van der Waals surface area contributed by atoms with Crippen molar-refractivity contribution >= 4 is 33.8 Å². The molecule has 3 rings (SSSR count). The van der Waals surface area contributed by atoms with Crippen molar-refractivity contribution in [3.63, 3.8) is 0 Å². The lowest BCUT2D eigenvalue weighted by Gasteiger charge is -2.01. The summed E-state index contributed by atoms with van der Waals surface area (Å²) < 4.78 is 0. The molecule has 0 fully saturated rings. The Balaban J connectivity index is 2.05. The number of rotatable bonds is 2. The molecule has 19 heavy (non-hydrogen) atoms. The number of guanidine groups is 1. The zero-order valence-corrected chi connectivity index (χ0v) is 11.0. The smallest absolute Gasteiger partial charge is 0.191 e. The van der Waals surface area contributed by atoms with Crippen LogP contribution in [0.2, 0.25) is 0 Å². The van der Waals surface area contributed by atoms with Crippen LogP contribution in [0, 0.1) is 0 Å². The van der Waals surface area contributed by atoms with E-state index in [1.165, 1.54) is 21.2 Å². The molecule has 4 N–H and O–H groups in total. The van der Waals surface area contributed by atoms with Crippen molar-refractivity contribution in [2.75, 3.05) is 0 Å². The molecular formula is C15H13N3S. The molecule has 94 valence electrons. The standard InChI is InChI=1S/C15H13N3S/c16-15(17)18-12-7-5-10(6-8-12)14-13-4-2-1-3-11(13)9-19-14/h1-9H,(H4,16,17,18). The van der Waals surface area contributed by atoms with E-state index in [-0.39, 0.29) is 5.96 Å². The molecule has 3 nitrogen and oxygen atoms in total. The molecule has 0 aliphatic rings. The number of benzene rings is 2. The minimum Gasteiger partial charge on any atom is -0.370 e. The van der Waals surface area contributed by atoms with Crippen molar-refractivity contribution in [3.05, 3.63) is 53.9 Å². The summed E-state index contributed by atoms with van der Waals surface area (Å²) in [6.07, 6.45) is 0. The van der Waals surface area contributed by atoms with Gasteiger partial charge in [0.2, 0.25) is 0 Å². The van der Waals surface area contributed by atoms with Gasteiger partial charge in [-0.05, 0) is 28.5 Å². The highest BCUT2D eigenvalue weighted by molar-refractivity contribution is 7.15. The van der Waals surface area contributed by atoms with Gasteiger partial charge in [-0.2, -0.15) is 0 Å². The fourth-order valence-corrected chi connectivity index (χ4v) is 3.09. The molecule has 0 amide bonds. The molecule has 0 saturated carbocycles. The maximum atomic E-state index is 5.36. The van der Waals surface area contributed by atoms with Gasteiger partial charge in [-0.25, -0.2) is 4.99 Å². The average molecular weight is 267 g/mol. The Kier molecular flexibility index (Phi) is 2.93. The average Bonchev–Trinajstić information content (AvgIpc) is 2.83. The minimum absolute atomic E-state index is 0.0781. The van der Waals surface area contributed by atoms with Crippen molar-refractivity contribution < 1.29 is 0 Å². The summed E-state index contributed by atoms with van der Waals surface area (Å²) in [5.41, 5.74) is 12.7. The number of hydrogen-bond donors (Lipinski definition) is 2. The van der Waals surface area contributed by atoms with Crippen LogP contribution in [0.4, 0.5) is 5.69 Å². The Morgan fingerprint density at radius 1 is 0.947 bits per heavy atom. The molecule has 1 aromatic heterocycles. The quantitative estimate of drug-likeness (QED) is 0.551. The highest BCUT2D eigenvalue weighted by atomic mass is 32.1. The Bertz CT molecular complexity index is 737. The molecule has 0 aliphatic carbocycles. The zero-order chi connectivity index (χ0) is 13.2. The SMILES string of the molecule is NC(N)=Nc1ccc(-c2scc3ccccc23)cc1. The van der Waals surface area contributed by atoms with E-state index in [1.807, 2.05) is 24.3 Å². The van der Waals surface area contributed by atoms with Gasteiger partial charge in [-0.3, -0.25) is 0 Å². The summed E-state index contributed by atoms with van der Waals surface area (Å²) in [6, 6.07) is 16.3. The molecule has 0 radical (unpaired) electrons. The Hall–Kier alpha value is -2.33. The van der Waals surface area contributed by atoms with E-state index in [1.54, 1.807) is 11.3 Å². The molecule has 0 atom stereocenters. The molecule has 0 aliphatic heterocycles. The maximum absolute atomic E-state index is 5.36. The van der Waals surface area contributed by atoms with Gasteiger partial charge in [-0.15, -0.1) is 11.3 Å². The number of thiophene rings is 1. The molecular weight excluding hydrogens is 254 g/mol. The van der Waals surface area contributed by atoms with Gasteiger partial charge in [0.25, 0.3) is 0 Å². The summed E-state index contributed by atoms with van der Waals surface area (Å²) in [5, 5.41) is 4.73. The monoisotopic (exact) mass is 267 g/mol. The van der Waals surface area contributed by atoms with Crippen molar-refractivity contribution in [2.45, 2.75) is 0 Å². The number of hydrogen-bond acceptors (Lipinski definition) is 2. The van der Waals surface area contributed by atoms with Crippen LogP contribution < -0.4 is 11.5 Å².